The van der Waals surface area contributed by atoms with Crippen molar-refractivity contribution >= 4 is 11.6 Å². The van der Waals surface area contributed by atoms with Gasteiger partial charge in [-0.2, -0.15) is 0 Å². The molecule has 0 aliphatic carbocycles. The molecule has 2 atom stereocenters. The summed E-state index contributed by atoms with van der Waals surface area (Å²) in [6, 6.07) is 10.4. The minimum absolute atomic E-state index is 0.0366. The summed E-state index contributed by atoms with van der Waals surface area (Å²) in [7, 11) is 2.03. The van der Waals surface area contributed by atoms with Crippen LogP contribution >= 0.6 is 0 Å². The maximum Gasteiger partial charge on any atom is 0.250 e. The molecule has 1 aromatic rings. The Kier molecular flexibility index (Phi) is 5.38. The van der Waals surface area contributed by atoms with Gasteiger partial charge in [0.05, 0.1) is 6.61 Å². The second kappa shape index (κ2) is 7.26. The molecule has 1 aromatic carbocycles. The highest BCUT2D eigenvalue weighted by atomic mass is 16.5. The molecule has 0 spiro atoms. The van der Waals surface area contributed by atoms with Crippen molar-refractivity contribution in [2.45, 2.75) is 19.1 Å². The molecule has 1 saturated heterocycles. The molecule has 2 N–H and O–H groups in total. The van der Waals surface area contributed by atoms with E-state index >= 15 is 0 Å². The van der Waals surface area contributed by atoms with Gasteiger partial charge in [0, 0.05) is 38.4 Å². The number of para-hydroxylation sites is 1. The number of rotatable bonds is 5. The van der Waals surface area contributed by atoms with Crippen molar-refractivity contribution in [3.8, 4) is 0 Å². The van der Waals surface area contributed by atoms with Crippen molar-refractivity contribution in [2.24, 2.45) is 0 Å². The number of nitrogens with one attached hydrogen (secondary N) is 2. The predicted molar refractivity (Wildman–Crippen MR) is 79.9 cm³/mol. The van der Waals surface area contributed by atoms with Gasteiger partial charge in [-0.3, -0.25) is 4.79 Å². The monoisotopic (exact) mass is 277 g/mol. The fourth-order valence-electron chi connectivity index (χ4n) is 2.15. The SMILES string of the molecule is CC(CNC(=O)C1CNCCO1)N(C)c1ccccc1. The molecule has 1 heterocycles. The van der Waals surface area contributed by atoms with Crippen LogP contribution in [0.2, 0.25) is 0 Å². The fourth-order valence-corrected chi connectivity index (χ4v) is 2.15. The van der Waals surface area contributed by atoms with Crippen LogP contribution in [0.1, 0.15) is 6.92 Å². The van der Waals surface area contributed by atoms with Crippen LogP contribution in [0.25, 0.3) is 0 Å². The van der Waals surface area contributed by atoms with Gasteiger partial charge in [0.25, 0.3) is 5.91 Å². The van der Waals surface area contributed by atoms with Gasteiger partial charge >= 0.3 is 0 Å². The lowest BCUT2D eigenvalue weighted by Crippen LogP contribution is -2.50. The van der Waals surface area contributed by atoms with E-state index in [1.807, 2.05) is 25.2 Å². The number of amides is 1. The van der Waals surface area contributed by atoms with Crippen molar-refractivity contribution in [3.63, 3.8) is 0 Å². The molecule has 1 aliphatic rings. The van der Waals surface area contributed by atoms with Gasteiger partial charge < -0.3 is 20.3 Å². The zero-order valence-electron chi connectivity index (χ0n) is 12.1. The van der Waals surface area contributed by atoms with Crippen LogP contribution in [0.15, 0.2) is 30.3 Å². The smallest absolute Gasteiger partial charge is 0.250 e. The number of hydrogen-bond donors (Lipinski definition) is 2. The molecule has 0 bridgehead atoms. The number of ether oxygens (including phenoxy) is 1. The summed E-state index contributed by atoms with van der Waals surface area (Å²) in [5, 5.41) is 6.11. The number of morpholine rings is 1. The average molecular weight is 277 g/mol. The first-order chi connectivity index (χ1) is 9.68. The Balaban J connectivity index is 1.79. The van der Waals surface area contributed by atoms with E-state index in [4.69, 9.17) is 4.74 Å². The fraction of sp³-hybridized carbons (Fsp3) is 0.533. The summed E-state index contributed by atoms with van der Waals surface area (Å²) in [6.07, 6.45) is -0.363. The van der Waals surface area contributed by atoms with Crippen LogP contribution in [0.4, 0.5) is 5.69 Å². The van der Waals surface area contributed by atoms with Gasteiger partial charge in [-0.25, -0.2) is 0 Å². The highest BCUT2D eigenvalue weighted by Gasteiger charge is 2.22. The van der Waals surface area contributed by atoms with Gasteiger partial charge in [0.2, 0.25) is 0 Å². The zero-order chi connectivity index (χ0) is 14.4. The average Bonchev–Trinajstić information content (AvgIpc) is 2.53. The first-order valence-corrected chi connectivity index (χ1v) is 7.06. The van der Waals surface area contributed by atoms with Crippen molar-refractivity contribution in [1.29, 1.82) is 0 Å². The molecule has 0 aromatic heterocycles. The number of benzene rings is 1. The highest BCUT2D eigenvalue weighted by Crippen LogP contribution is 2.13. The molecule has 5 nitrogen and oxygen atoms in total. The summed E-state index contributed by atoms with van der Waals surface area (Å²) >= 11 is 0. The molecule has 110 valence electrons. The summed E-state index contributed by atoms with van der Waals surface area (Å²) in [6.45, 7) is 4.70. The Morgan fingerprint density at radius 1 is 1.50 bits per heavy atom. The zero-order valence-corrected chi connectivity index (χ0v) is 12.1. The second-order valence-electron chi connectivity index (χ2n) is 5.10. The maximum absolute atomic E-state index is 12.0. The standard InChI is InChI=1S/C15H23N3O2/c1-12(18(2)13-6-4-3-5-7-13)10-17-15(19)14-11-16-8-9-20-14/h3-7,12,14,16H,8-11H2,1-2H3,(H,17,19). The number of hydrogen-bond acceptors (Lipinski definition) is 4. The van der Waals surface area contributed by atoms with Crippen LogP contribution in [0.3, 0.4) is 0 Å². The minimum Gasteiger partial charge on any atom is -0.370 e. The number of carbonyl (C=O) groups is 1. The lowest BCUT2D eigenvalue weighted by Gasteiger charge is -2.28. The van der Waals surface area contributed by atoms with Crippen LogP contribution in [0.5, 0.6) is 0 Å². The van der Waals surface area contributed by atoms with E-state index in [1.165, 1.54) is 0 Å². The van der Waals surface area contributed by atoms with E-state index in [2.05, 4.69) is 34.6 Å². The Morgan fingerprint density at radius 2 is 2.25 bits per heavy atom. The van der Waals surface area contributed by atoms with Crippen LogP contribution < -0.4 is 15.5 Å². The second-order valence-corrected chi connectivity index (χ2v) is 5.10. The summed E-state index contributed by atoms with van der Waals surface area (Å²) < 4.78 is 5.43. The van der Waals surface area contributed by atoms with Crippen LogP contribution in [0, 0.1) is 0 Å². The van der Waals surface area contributed by atoms with Crippen molar-refractivity contribution in [3.05, 3.63) is 30.3 Å². The van der Waals surface area contributed by atoms with E-state index in [-0.39, 0.29) is 18.1 Å². The number of carbonyl (C=O) groups excluding carboxylic acids is 1. The predicted octanol–water partition coefficient (Wildman–Crippen LogP) is 0.616. The van der Waals surface area contributed by atoms with Crippen molar-refractivity contribution < 1.29 is 9.53 Å². The lowest BCUT2D eigenvalue weighted by atomic mass is 10.2. The normalized spacial score (nSPS) is 20.2. The van der Waals surface area contributed by atoms with Gasteiger partial charge in [-0.05, 0) is 19.1 Å². The summed E-state index contributed by atoms with van der Waals surface area (Å²) in [4.78, 5) is 14.1. The third-order valence-electron chi connectivity index (χ3n) is 3.62. The third kappa shape index (κ3) is 3.95. The number of anilines is 1. The van der Waals surface area contributed by atoms with Crippen LogP contribution in [-0.4, -0.2) is 51.3 Å². The molecule has 0 radical (unpaired) electrons. The Bertz CT molecular complexity index is 418. The minimum atomic E-state index is -0.363. The van der Waals surface area contributed by atoms with E-state index in [9.17, 15) is 4.79 Å². The summed E-state index contributed by atoms with van der Waals surface area (Å²) in [5.74, 6) is -0.0366. The van der Waals surface area contributed by atoms with E-state index in [0.29, 0.717) is 19.7 Å². The molecule has 1 fully saturated rings. The lowest BCUT2D eigenvalue weighted by molar-refractivity contribution is -0.134. The third-order valence-corrected chi connectivity index (χ3v) is 3.62. The van der Waals surface area contributed by atoms with Gasteiger partial charge in [-0.15, -0.1) is 0 Å². The molecule has 2 unspecified atom stereocenters. The number of likely N-dealkylation sites (N-methyl/N-ethyl adjacent to an activating group) is 1. The van der Waals surface area contributed by atoms with Gasteiger partial charge in [0.1, 0.15) is 6.10 Å². The first kappa shape index (κ1) is 14.8. The Hall–Kier alpha value is -1.59. The maximum atomic E-state index is 12.0. The summed E-state index contributed by atoms with van der Waals surface area (Å²) in [5.41, 5.74) is 1.14. The molecular weight excluding hydrogens is 254 g/mol. The quantitative estimate of drug-likeness (QED) is 0.828. The molecule has 1 amide bonds. The van der Waals surface area contributed by atoms with E-state index < -0.39 is 0 Å². The molecule has 0 saturated carbocycles. The topological polar surface area (TPSA) is 53.6 Å². The van der Waals surface area contributed by atoms with E-state index in [0.717, 1.165) is 12.2 Å². The Morgan fingerprint density at radius 3 is 2.90 bits per heavy atom. The van der Waals surface area contributed by atoms with Crippen LogP contribution in [-0.2, 0) is 9.53 Å². The van der Waals surface area contributed by atoms with E-state index in [1.54, 1.807) is 0 Å². The highest BCUT2D eigenvalue weighted by molar-refractivity contribution is 5.81. The molecule has 2 rings (SSSR count). The Labute approximate surface area is 120 Å². The van der Waals surface area contributed by atoms with Crippen molar-refractivity contribution in [2.75, 3.05) is 38.2 Å². The van der Waals surface area contributed by atoms with Gasteiger partial charge in [-0.1, -0.05) is 18.2 Å². The first-order valence-electron chi connectivity index (χ1n) is 7.06. The molecular formula is C15H23N3O2. The molecule has 5 heteroatoms. The van der Waals surface area contributed by atoms with Crippen molar-refractivity contribution in [1.82, 2.24) is 10.6 Å². The largest absolute Gasteiger partial charge is 0.370 e. The number of nitrogens with zero attached hydrogens (tertiary/aromatic N) is 1. The van der Waals surface area contributed by atoms with Gasteiger partial charge in [0.15, 0.2) is 0 Å². The molecule has 1 aliphatic heterocycles. The molecule has 20 heavy (non-hydrogen) atoms.